The van der Waals surface area contributed by atoms with Crippen LogP contribution in [0.2, 0.25) is 0 Å². The number of halogens is 3. The minimum absolute atomic E-state index is 0.141. The van der Waals surface area contributed by atoms with Crippen LogP contribution in [-0.4, -0.2) is 34.8 Å². The Labute approximate surface area is 256 Å². The Morgan fingerprint density at radius 1 is 1.04 bits per heavy atom. The number of aromatic amines is 1. The number of anilines is 2. The number of pyridine rings is 2. The molecule has 0 amide bonds. The first-order valence-electron chi connectivity index (χ1n) is 14.4. The van der Waals surface area contributed by atoms with Gasteiger partial charge in [-0.1, -0.05) is 38.1 Å². The SMILES string of the molecule is CC(C)(C)CNc1c(C#N)cnc2c(C#N)cc(NC(c3cccc4c(=O)[nH]ccc34)C3(C4(C(F)(F)F)CC4)CNN=N3)cc12. The highest BCUT2D eigenvalue weighted by Gasteiger charge is 2.77. The molecule has 4 aromatic rings. The second-order valence-electron chi connectivity index (χ2n) is 12.8. The lowest BCUT2D eigenvalue weighted by atomic mass is 9.71. The topological polar surface area (TPSA) is 154 Å². The van der Waals surface area contributed by atoms with Crippen LogP contribution in [-0.2, 0) is 0 Å². The molecule has 2 atom stereocenters. The Balaban J connectivity index is 1.60. The van der Waals surface area contributed by atoms with Crippen molar-refractivity contribution in [1.29, 1.82) is 10.5 Å². The Morgan fingerprint density at radius 3 is 2.42 bits per heavy atom. The molecule has 4 N–H and O–H groups in total. The van der Waals surface area contributed by atoms with Crippen LogP contribution in [0.4, 0.5) is 24.5 Å². The van der Waals surface area contributed by atoms with Gasteiger partial charge in [0.1, 0.15) is 17.7 Å². The lowest BCUT2D eigenvalue weighted by Gasteiger charge is -2.42. The molecule has 3 heterocycles. The van der Waals surface area contributed by atoms with E-state index in [1.165, 1.54) is 18.5 Å². The molecule has 2 aliphatic rings. The number of nitriles is 2. The number of nitrogens with zero attached hydrogens (tertiary/aromatic N) is 5. The molecule has 13 heteroatoms. The van der Waals surface area contributed by atoms with Crippen LogP contribution >= 0.6 is 0 Å². The van der Waals surface area contributed by atoms with E-state index in [4.69, 9.17) is 0 Å². The van der Waals surface area contributed by atoms with Gasteiger partial charge in [0.05, 0.1) is 40.3 Å². The van der Waals surface area contributed by atoms with Crippen LogP contribution in [0.25, 0.3) is 21.7 Å². The largest absolute Gasteiger partial charge is 0.397 e. The summed E-state index contributed by atoms with van der Waals surface area (Å²) < 4.78 is 44.8. The van der Waals surface area contributed by atoms with Crippen molar-refractivity contribution in [3.63, 3.8) is 0 Å². The fourth-order valence-corrected chi connectivity index (χ4v) is 6.32. The van der Waals surface area contributed by atoms with Gasteiger partial charge in [0.15, 0.2) is 0 Å². The highest BCUT2D eigenvalue weighted by molar-refractivity contribution is 5.99. The molecule has 0 saturated heterocycles. The molecule has 2 aromatic carbocycles. The lowest BCUT2D eigenvalue weighted by Crippen LogP contribution is -2.55. The molecular weight excluding hydrogens is 583 g/mol. The van der Waals surface area contributed by atoms with Crippen molar-refractivity contribution in [2.45, 2.75) is 51.4 Å². The molecule has 0 radical (unpaired) electrons. The summed E-state index contributed by atoms with van der Waals surface area (Å²) in [6.07, 6.45) is -2.03. The van der Waals surface area contributed by atoms with Crippen LogP contribution in [0.5, 0.6) is 0 Å². The van der Waals surface area contributed by atoms with Crippen LogP contribution in [0.1, 0.15) is 56.3 Å². The second-order valence-corrected chi connectivity index (χ2v) is 12.8. The minimum atomic E-state index is -4.60. The lowest BCUT2D eigenvalue weighted by molar-refractivity contribution is -0.207. The first-order chi connectivity index (χ1) is 21.3. The highest BCUT2D eigenvalue weighted by atomic mass is 19.4. The van der Waals surface area contributed by atoms with E-state index < -0.39 is 23.2 Å². The standard InChI is InChI=1S/C32H30F3N9O/c1-29(2,3)16-40-26-19(14-37)15-39-25-18(13-36)11-20(12-24(25)26)42-27(22-5-4-6-23-21(22)7-10-38-28(23)45)31(17-41-44-43-31)30(8-9-30)32(33,34)35/h4-7,10-12,15,27,42H,8-9,16-17H2,1-3H3,(H,38,45)(H,39,40)(H,41,43). The normalized spacial score (nSPS) is 19.5. The maximum atomic E-state index is 14.9. The minimum Gasteiger partial charge on any atom is -0.383 e. The summed E-state index contributed by atoms with van der Waals surface area (Å²) in [5.41, 5.74) is 0.113. The van der Waals surface area contributed by atoms with Gasteiger partial charge in [-0.2, -0.15) is 28.8 Å². The van der Waals surface area contributed by atoms with Crippen LogP contribution in [0.15, 0.2) is 63.9 Å². The van der Waals surface area contributed by atoms with E-state index in [9.17, 15) is 28.5 Å². The molecule has 45 heavy (non-hydrogen) atoms. The summed E-state index contributed by atoms with van der Waals surface area (Å²) in [6, 6.07) is 12.9. The summed E-state index contributed by atoms with van der Waals surface area (Å²) in [6.45, 7) is 6.38. The Morgan fingerprint density at radius 2 is 1.80 bits per heavy atom. The smallest absolute Gasteiger partial charge is 0.383 e. The third-order valence-electron chi connectivity index (χ3n) is 8.73. The van der Waals surface area contributed by atoms with Crippen LogP contribution in [0.3, 0.4) is 0 Å². The van der Waals surface area contributed by atoms with Gasteiger partial charge in [-0.05, 0) is 53.5 Å². The summed E-state index contributed by atoms with van der Waals surface area (Å²) in [7, 11) is 0. The Bertz CT molecular complexity index is 1990. The van der Waals surface area contributed by atoms with Crippen molar-refractivity contribution in [2.24, 2.45) is 21.2 Å². The Hall–Kier alpha value is -5.17. The molecule has 0 spiro atoms. The third-order valence-corrected chi connectivity index (χ3v) is 8.73. The molecule has 1 saturated carbocycles. The molecule has 2 unspecified atom stereocenters. The molecule has 230 valence electrons. The van der Waals surface area contributed by atoms with Gasteiger partial charge in [-0.25, -0.2) is 0 Å². The van der Waals surface area contributed by atoms with Crippen molar-refractivity contribution in [3.05, 3.63) is 75.8 Å². The zero-order valence-electron chi connectivity index (χ0n) is 24.8. The van der Waals surface area contributed by atoms with Crippen molar-refractivity contribution in [1.82, 2.24) is 15.4 Å². The van der Waals surface area contributed by atoms with E-state index in [2.05, 4.69) is 48.5 Å². The molecule has 1 aliphatic carbocycles. The maximum Gasteiger partial charge on any atom is 0.397 e. The predicted octanol–water partition coefficient (Wildman–Crippen LogP) is 6.48. The second kappa shape index (κ2) is 10.5. The van der Waals surface area contributed by atoms with Gasteiger partial charge in [-0.15, -0.1) is 0 Å². The number of benzene rings is 2. The molecule has 6 rings (SSSR count). The van der Waals surface area contributed by atoms with Crippen molar-refractivity contribution >= 4 is 33.1 Å². The number of aromatic nitrogens is 2. The van der Waals surface area contributed by atoms with E-state index in [-0.39, 0.29) is 41.5 Å². The number of H-pyrrole nitrogens is 1. The van der Waals surface area contributed by atoms with Gasteiger partial charge < -0.3 is 15.6 Å². The van der Waals surface area contributed by atoms with Gasteiger partial charge in [0.2, 0.25) is 0 Å². The van der Waals surface area contributed by atoms with Crippen molar-refractivity contribution in [2.75, 3.05) is 23.7 Å². The maximum absolute atomic E-state index is 14.9. The molecule has 1 aliphatic heterocycles. The zero-order chi connectivity index (χ0) is 32.2. The average Bonchev–Trinajstić information content (AvgIpc) is 3.70. The number of hydrogen-bond acceptors (Lipinski definition) is 9. The van der Waals surface area contributed by atoms with Crippen LogP contribution < -0.4 is 21.6 Å². The van der Waals surface area contributed by atoms with E-state index in [0.29, 0.717) is 45.2 Å². The molecule has 2 aromatic heterocycles. The summed E-state index contributed by atoms with van der Waals surface area (Å²) in [4.78, 5) is 19.8. The van der Waals surface area contributed by atoms with Crippen molar-refractivity contribution in [3.8, 4) is 12.1 Å². The van der Waals surface area contributed by atoms with E-state index >= 15 is 0 Å². The number of rotatable bonds is 7. The molecular formula is C32H30F3N9O. The summed E-state index contributed by atoms with van der Waals surface area (Å²) >= 11 is 0. The fourth-order valence-electron chi connectivity index (χ4n) is 6.32. The first kappa shape index (κ1) is 29.9. The summed E-state index contributed by atoms with van der Waals surface area (Å²) in [5.74, 6) is 0. The number of nitrogens with one attached hydrogen (secondary N) is 4. The summed E-state index contributed by atoms with van der Waals surface area (Å²) in [5, 5.41) is 36.1. The average molecular weight is 614 g/mol. The van der Waals surface area contributed by atoms with Crippen LogP contribution in [0, 0.1) is 33.5 Å². The monoisotopic (exact) mass is 613 g/mol. The highest BCUT2D eigenvalue weighted by Crippen LogP contribution is 2.68. The predicted molar refractivity (Wildman–Crippen MR) is 163 cm³/mol. The van der Waals surface area contributed by atoms with E-state index in [1.54, 1.807) is 30.3 Å². The third kappa shape index (κ3) is 4.89. The quantitative estimate of drug-likeness (QED) is 0.186. The number of fused-ring (bicyclic) bond motifs is 2. The zero-order valence-corrected chi connectivity index (χ0v) is 24.8. The van der Waals surface area contributed by atoms with E-state index in [1.807, 2.05) is 20.8 Å². The molecule has 1 fully saturated rings. The van der Waals surface area contributed by atoms with Crippen molar-refractivity contribution < 1.29 is 13.2 Å². The van der Waals surface area contributed by atoms with Gasteiger partial charge in [-0.3, -0.25) is 15.2 Å². The number of hydrogen-bond donors (Lipinski definition) is 4. The van der Waals surface area contributed by atoms with Gasteiger partial charge >= 0.3 is 6.18 Å². The van der Waals surface area contributed by atoms with Gasteiger partial charge in [0.25, 0.3) is 5.56 Å². The Kier molecular flexibility index (Phi) is 6.96. The van der Waals surface area contributed by atoms with E-state index in [0.717, 1.165) is 0 Å². The number of alkyl halides is 3. The van der Waals surface area contributed by atoms with Gasteiger partial charge in [0, 0.05) is 35.4 Å². The first-order valence-corrected chi connectivity index (χ1v) is 14.4. The molecule has 10 nitrogen and oxygen atoms in total. The molecule has 0 bridgehead atoms. The fraction of sp³-hybridized carbons (Fsp3) is 0.375.